The number of aromatic nitrogens is 2. The molecule has 0 fully saturated rings. The molecule has 1 aromatic heterocycles. The topological polar surface area (TPSA) is 83.4 Å². The van der Waals surface area contributed by atoms with Gasteiger partial charge in [-0.2, -0.15) is 18.2 Å². The van der Waals surface area contributed by atoms with Crippen LogP contribution in [0.3, 0.4) is 0 Å². The second-order valence-corrected chi connectivity index (χ2v) is 4.26. The van der Waals surface area contributed by atoms with Crippen LogP contribution in [0.25, 0.3) is 11.4 Å². The normalized spacial score (nSPS) is 14.3. The second-order valence-electron chi connectivity index (χ2n) is 4.26. The predicted molar refractivity (Wildman–Crippen MR) is 63.6 cm³/mol. The largest absolute Gasteiger partial charge is 0.486 e. The Balaban J connectivity index is 2.16. The van der Waals surface area contributed by atoms with Gasteiger partial charge in [0.1, 0.15) is 13.2 Å². The molecule has 21 heavy (non-hydrogen) atoms. The van der Waals surface area contributed by atoms with E-state index in [0.29, 0.717) is 0 Å². The molecule has 1 aliphatic rings. The van der Waals surface area contributed by atoms with Gasteiger partial charge >= 0.3 is 6.18 Å². The van der Waals surface area contributed by atoms with E-state index < -0.39 is 11.7 Å². The molecule has 2 heterocycles. The number of benzene rings is 1. The first kappa shape index (κ1) is 13.7. The molecule has 0 radical (unpaired) electrons. The van der Waals surface area contributed by atoms with Crippen LogP contribution in [0.1, 0.15) is 11.5 Å². The highest BCUT2D eigenvalue weighted by Gasteiger charge is 2.37. The van der Waals surface area contributed by atoms with E-state index in [2.05, 4.69) is 10.1 Å². The molecular formula is C12H10F3N3O3. The summed E-state index contributed by atoms with van der Waals surface area (Å²) in [5.41, 5.74) is 4.15. The molecule has 1 aliphatic heterocycles. The van der Waals surface area contributed by atoms with Crippen LogP contribution < -0.4 is 15.2 Å². The molecule has 0 saturated carbocycles. The van der Waals surface area contributed by atoms with Crippen LogP contribution >= 0.6 is 0 Å². The number of rotatable bonds is 2. The molecule has 6 nitrogen and oxygen atoms in total. The fraction of sp³-hybridized carbons (Fsp3) is 0.333. The summed E-state index contributed by atoms with van der Waals surface area (Å²) in [6.07, 6.45) is -4.59. The maximum Gasteiger partial charge on any atom is 0.417 e. The SMILES string of the molecule is NCc1nc(-c2cc3c(cc2C(F)(F)F)OCCO3)no1. The Kier molecular flexibility index (Phi) is 3.20. The Hall–Kier alpha value is -2.29. The molecule has 0 unspecified atom stereocenters. The highest BCUT2D eigenvalue weighted by Crippen LogP contribution is 2.43. The molecule has 1 aromatic carbocycles. The van der Waals surface area contributed by atoms with Gasteiger partial charge in [-0.3, -0.25) is 0 Å². The van der Waals surface area contributed by atoms with Crippen LogP contribution in [0.2, 0.25) is 0 Å². The summed E-state index contributed by atoms with van der Waals surface area (Å²) in [6.45, 7) is 0.403. The molecule has 0 bridgehead atoms. The third-order valence-corrected chi connectivity index (χ3v) is 2.87. The van der Waals surface area contributed by atoms with E-state index in [4.69, 9.17) is 19.7 Å². The van der Waals surface area contributed by atoms with Crippen molar-refractivity contribution in [2.24, 2.45) is 5.73 Å². The summed E-state index contributed by atoms with van der Waals surface area (Å²) in [7, 11) is 0. The molecule has 0 aliphatic carbocycles. The summed E-state index contributed by atoms with van der Waals surface area (Å²) in [6, 6.07) is 2.07. The van der Waals surface area contributed by atoms with Crippen molar-refractivity contribution in [2.75, 3.05) is 13.2 Å². The summed E-state index contributed by atoms with van der Waals surface area (Å²) >= 11 is 0. The Morgan fingerprint density at radius 1 is 1.14 bits per heavy atom. The van der Waals surface area contributed by atoms with E-state index in [9.17, 15) is 13.2 Å². The molecule has 112 valence electrons. The van der Waals surface area contributed by atoms with Crippen molar-refractivity contribution in [1.82, 2.24) is 10.1 Å². The number of fused-ring (bicyclic) bond motifs is 1. The highest BCUT2D eigenvalue weighted by atomic mass is 19.4. The van der Waals surface area contributed by atoms with Crippen molar-refractivity contribution in [3.63, 3.8) is 0 Å². The first-order valence-corrected chi connectivity index (χ1v) is 6.03. The average molecular weight is 301 g/mol. The second kappa shape index (κ2) is 4.92. The minimum Gasteiger partial charge on any atom is -0.486 e. The quantitative estimate of drug-likeness (QED) is 0.913. The molecule has 2 N–H and O–H groups in total. The maximum absolute atomic E-state index is 13.2. The van der Waals surface area contributed by atoms with Gasteiger partial charge in [0.2, 0.25) is 11.7 Å². The lowest BCUT2D eigenvalue weighted by atomic mass is 10.0. The van der Waals surface area contributed by atoms with E-state index in [-0.39, 0.29) is 48.5 Å². The van der Waals surface area contributed by atoms with Gasteiger partial charge in [0.05, 0.1) is 12.1 Å². The number of ether oxygens (including phenoxy) is 2. The summed E-state index contributed by atoms with van der Waals surface area (Å²) in [4.78, 5) is 3.82. The first-order chi connectivity index (χ1) is 9.99. The number of alkyl halides is 3. The Labute approximate surface area is 116 Å². The van der Waals surface area contributed by atoms with Crippen LogP contribution in [-0.4, -0.2) is 23.4 Å². The van der Waals surface area contributed by atoms with Crippen LogP contribution in [0, 0.1) is 0 Å². The zero-order valence-corrected chi connectivity index (χ0v) is 10.6. The van der Waals surface area contributed by atoms with Gasteiger partial charge in [-0.15, -0.1) is 0 Å². The van der Waals surface area contributed by atoms with E-state index in [1.54, 1.807) is 0 Å². The van der Waals surface area contributed by atoms with Gasteiger partial charge in [0.25, 0.3) is 0 Å². The Morgan fingerprint density at radius 3 is 2.38 bits per heavy atom. The van der Waals surface area contributed by atoms with Crippen LogP contribution in [0.15, 0.2) is 16.7 Å². The highest BCUT2D eigenvalue weighted by molar-refractivity contribution is 5.66. The monoisotopic (exact) mass is 301 g/mol. The number of nitrogens with two attached hydrogens (primary N) is 1. The van der Waals surface area contributed by atoms with Crippen LogP contribution in [0.4, 0.5) is 13.2 Å². The smallest absolute Gasteiger partial charge is 0.417 e. The minimum absolute atomic E-state index is 0.0415. The maximum atomic E-state index is 13.2. The zero-order chi connectivity index (χ0) is 15.0. The van der Waals surface area contributed by atoms with Gasteiger partial charge in [0, 0.05) is 5.56 Å². The lowest BCUT2D eigenvalue weighted by Crippen LogP contribution is -2.17. The number of halogens is 3. The number of hydrogen-bond acceptors (Lipinski definition) is 6. The molecule has 0 spiro atoms. The van der Waals surface area contributed by atoms with Gasteiger partial charge < -0.3 is 19.7 Å². The molecule has 2 aromatic rings. The van der Waals surface area contributed by atoms with Crippen LogP contribution in [-0.2, 0) is 12.7 Å². The van der Waals surface area contributed by atoms with E-state index in [0.717, 1.165) is 6.07 Å². The summed E-state index contributed by atoms with van der Waals surface area (Å²) in [5, 5.41) is 3.52. The van der Waals surface area contributed by atoms with Gasteiger partial charge in [0.15, 0.2) is 11.5 Å². The molecule has 3 rings (SSSR count). The minimum atomic E-state index is -4.59. The summed E-state index contributed by atoms with van der Waals surface area (Å²) in [5.74, 6) is 0.107. The van der Waals surface area contributed by atoms with Crippen molar-refractivity contribution >= 4 is 0 Å². The van der Waals surface area contributed by atoms with Crippen molar-refractivity contribution in [1.29, 1.82) is 0 Å². The number of nitrogens with zero attached hydrogens (tertiary/aromatic N) is 2. The fourth-order valence-corrected chi connectivity index (χ4v) is 1.96. The lowest BCUT2D eigenvalue weighted by Gasteiger charge is -2.21. The van der Waals surface area contributed by atoms with Crippen molar-refractivity contribution in [3.05, 3.63) is 23.6 Å². The number of hydrogen-bond donors (Lipinski definition) is 1. The van der Waals surface area contributed by atoms with Crippen molar-refractivity contribution in [3.8, 4) is 22.9 Å². The molecular weight excluding hydrogens is 291 g/mol. The first-order valence-electron chi connectivity index (χ1n) is 6.03. The van der Waals surface area contributed by atoms with Crippen molar-refractivity contribution < 1.29 is 27.2 Å². The molecule has 0 amide bonds. The van der Waals surface area contributed by atoms with Crippen molar-refractivity contribution in [2.45, 2.75) is 12.7 Å². The predicted octanol–water partition coefficient (Wildman–Crippen LogP) is 1.99. The fourth-order valence-electron chi connectivity index (χ4n) is 1.96. The van der Waals surface area contributed by atoms with E-state index >= 15 is 0 Å². The average Bonchev–Trinajstić information content (AvgIpc) is 2.94. The third-order valence-electron chi connectivity index (χ3n) is 2.87. The van der Waals surface area contributed by atoms with E-state index in [1.165, 1.54) is 6.07 Å². The lowest BCUT2D eigenvalue weighted by molar-refractivity contribution is -0.137. The van der Waals surface area contributed by atoms with Gasteiger partial charge in [-0.1, -0.05) is 5.16 Å². The summed E-state index contributed by atoms with van der Waals surface area (Å²) < 4.78 is 54.8. The molecule has 0 saturated heterocycles. The van der Waals surface area contributed by atoms with Gasteiger partial charge in [-0.05, 0) is 12.1 Å². The Morgan fingerprint density at radius 2 is 1.81 bits per heavy atom. The Bertz CT molecular complexity index is 669. The van der Waals surface area contributed by atoms with Crippen LogP contribution in [0.5, 0.6) is 11.5 Å². The molecule has 0 atom stereocenters. The third kappa shape index (κ3) is 2.51. The standard InChI is InChI=1S/C12H10F3N3O3/c13-12(14,15)7-4-9-8(19-1-2-20-9)3-6(7)11-17-10(5-16)21-18-11/h3-4H,1-2,5,16H2. The van der Waals surface area contributed by atoms with Gasteiger partial charge in [-0.25, -0.2) is 0 Å². The van der Waals surface area contributed by atoms with E-state index in [1.807, 2.05) is 0 Å². The zero-order valence-electron chi connectivity index (χ0n) is 10.6. The molecule has 9 heteroatoms.